The Morgan fingerprint density at radius 1 is 1.37 bits per heavy atom. The van der Waals surface area contributed by atoms with Crippen molar-refractivity contribution < 1.29 is 4.79 Å². The van der Waals surface area contributed by atoms with Gasteiger partial charge in [-0.05, 0) is 35.6 Å². The summed E-state index contributed by atoms with van der Waals surface area (Å²) in [5.74, 6) is 0.486. The van der Waals surface area contributed by atoms with Gasteiger partial charge >= 0.3 is 0 Å². The molecule has 2 N–H and O–H groups in total. The van der Waals surface area contributed by atoms with Gasteiger partial charge in [-0.3, -0.25) is 9.89 Å². The molecule has 0 aliphatic carbocycles. The second-order valence-electron chi connectivity index (χ2n) is 4.20. The molecule has 2 heterocycles. The Bertz CT molecular complexity index is 729. The van der Waals surface area contributed by atoms with Gasteiger partial charge < -0.3 is 5.32 Å². The van der Waals surface area contributed by atoms with Crippen LogP contribution in [0, 0.1) is 0 Å². The molecule has 0 aliphatic heterocycles. The van der Waals surface area contributed by atoms with E-state index in [1.165, 1.54) is 11.3 Å². The number of amides is 1. The van der Waals surface area contributed by atoms with E-state index < -0.39 is 0 Å². The minimum Gasteiger partial charge on any atom is -0.304 e. The fourth-order valence-electron chi connectivity index (χ4n) is 2.04. The molecule has 0 fully saturated rings. The first-order valence-corrected chi connectivity index (χ1v) is 6.98. The van der Waals surface area contributed by atoms with E-state index in [0.717, 1.165) is 27.8 Å². The standard InChI is InChI=1S/C14H13N3OS/c1-2-9-7-8-19-12(9)14(18)15-13-10-5-3-4-6-11(10)16-17-13/h3-8H,2H2,1H3,(H2,15,16,17,18). The van der Waals surface area contributed by atoms with E-state index in [4.69, 9.17) is 0 Å². The Morgan fingerprint density at radius 2 is 2.21 bits per heavy atom. The lowest BCUT2D eigenvalue weighted by atomic mass is 10.2. The third kappa shape index (κ3) is 2.13. The first-order valence-electron chi connectivity index (χ1n) is 6.10. The molecule has 0 aliphatic rings. The topological polar surface area (TPSA) is 57.8 Å². The number of hydrogen-bond donors (Lipinski definition) is 2. The molecular formula is C14H13N3OS. The van der Waals surface area contributed by atoms with Gasteiger partial charge in [0, 0.05) is 5.39 Å². The lowest BCUT2D eigenvalue weighted by molar-refractivity contribution is 0.102. The number of H-pyrrole nitrogens is 1. The van der Waals surface area contributed by atoms with Crippen molar-refractivity contribution in [2.75, 3.05) is 5.32 Å². The Balaban J connectivity index is 1.91. The van der Waals surface area contributed by atoms with E-state index in [1.54, 1.807) is 0 Å². The maximum atomic E-state index is 12.2. The Morgan fingerprint density at radius 3 is 3.05 bits per heavy atom. The monoisotopic (exact) mass is 271 g/mol. The van der Waals surface area contributed by atoms with Crippen LogP contribution in [-0.2, 0) is 6.42 Å². The molecule has 0 bridgehead atoms. The number of thiophene rings is 1. The minimum absolute atomic E-state index is 0.0934. The molecule has 1 aromatic carbocycles. The summed E-state index contributed by atoms with van der Waals surface area (Å²) in [5, 5.41) is 12.8. The van der Waals surface area contributed by atoms with Gasteiger partial charge in [0.2, 0.25) is 0 Å². The van der Waals surface area contributed by atoms with Crippen molar-refractivity contribution in [1.82, 2.24) is 10.2 Å². The highest BCUT2D eigenvalue weighted by molar-refractivity contribution is 7.12. The van der Waals surface area contributed by atoms with Crippen LogP contribution in [0.5, 0.6) is 0 Å². The van der Waals surface area contributed by atoms with E-state index in [0.29, 0.717) is 5.82 Å². The Hall–Kier alpha value is -2.14. The first-order chi connectivity index (χ1) is 9.29. The molecule has 96 valence electrons. The van der Waals surface area contributed by atoms with Crippen molar-refractivity contribution in [2.24, 2.45) is 0 Å². The van der Waals surface area contributed by atoms with E-state index in [1.807, 2.05) is 42.6 Å². The van der Waals surface area contributed by atoms with Gasteiger partial charge in [-0.1, -0.05) is 19.1 Å². The second kappa shape index (κ2) is 4.85. The molecule has 4 nitrogen and oxygen atoms in total. The van der Waals surface area contributed by atoms with Crippen LogP contribution in [0.4, 0.5) is 5.82 Å². The summed E-state index contributed by atoms with van der Waals surface area (Å²) in [7, 11) is 0. The van der Waals surface area contributed by atoms with Gasteiger partial charge in [0.1, 0.15) is 0 Å². The molecule has 0 atom stereocenters. The van der Waals surface area contributed by atoms with Gasteiger partial charge in [-0.25, -0.2) is 0 Å². The van der Waals surface area contributed by atoms with Crippen molar-refractivity contribution in [3.8, 4) is 0 Å². The van der Waals surface area contributed by atoms with Crippen LogP contribution < -0.4 is 5.32 Å². The van der Waals surface area contributed by atoms with E-state index >= 15 is 0 Å². The van der Waals surface area contributed by atoms with Gasteiger partial charge in [-0.15, -0.1) is 11.3 Å². The number of aryl methyl sites for hydroxylation is 1. The summed E-state index contributed by atoms with van der Waals surface area (Å²) in [6.07, 6.45) is 0.855. The maximum Gasteiger partial charge on any atom is 0.267 e. The summed E-state index contributed by atoms with van der Waals surface area (Å²) in [6.45, 7) is 2.04. The van der Waals surface area contributed by atoms with Crippen LogP contribution in [0.2, 0.25) is 0 Å². The Labute approximate surface area is 114 Å². The van der Waals surface area contributed by atoms with Gasteiger partial charge in [-0.2, -0.15) is 5.10 Å². The van der Waals surface area contributed by atoms with E-state index in [9.17, 15) is 4.79 Å². The SMILES string of the molecule is CCc1ccsc1C(=O)Nc1n[nH]c2ccccc12. The van der Waals surface area contributed by atoms with Gasteiger partial charge in [0.15, 0.2) is 5.82 Å². The van der Waals surface area contributed by atoms with Crippen LogP contribution in [0.25, 0.3) is 10.9 Å². The molecule has 19 heavy (non-hydrogen) atoms. The quantitative estimate of drug-likeness (QED) is 0.766. The number of anilines is 1. The lowest BCUT2D eigenvalue weighted by Crippen LogP contribution is -2.12. The zero-order chi connectivity index (χ0) is 13.2. The van der Waals surface area contributed by atoms with Crippen LogP contribution in [-0.4, -0.2) is 16.1 Å². The number of carbonyl (C=O) groups excluding carboxylic acids is 1. The van der Waals surface area contributed by atoms with Crippen LogP contribution >= 0.6 is 11.3 Å². The number of para-hydroxylation sites is 1. The number of fused-ring (bicyclic) bond motifs is 1. The first kappa shape index (κ1) is 11.9. The van der Waals surface area contributed by atoms with Crippen molar-refractivity contribution >= 4 is 34.0 Å². The third-order valence-electron chi connectivity index (χ3n) is 3.04. The molecule has 0 unspecified atom stereocenters. The number of aromatic amines is 1. The summed E-state index contributed by atoms with van der Waals surface area (Å²) >= 11 is 1.46. The fourth-order valence-corrected chi connectivity index (χ4v) is 2.93. The number of rotatable bonds is 3. The minimum atomic E-state index is -0.0934. The van der Waals surface area contributed by atoms with Crippen molar-refractivity contribution in [1.29, 1.82) is 0 Å². The molecular weight excluding hydrogens is 258 g/mol. The number of carbonyl (C=O) groups is 1. The smallest absolute Gasteiger partial charge is 0.267 e. The van der Waals surface area contributed by atoms with E-state index in [2.05, 4.69) is 15.5 Å². The lowest BCUT2D eigenvalue weighted by Gasteiger charge is -2.02. The summed E-state index contributed by atoms with van der Waals surface area (Å²) in [5.41, 5.74) is 1.99. The van der Waals surface area contributed by atoms with Gasteiger partial charge in [0.25, 0.3) is 5.91 Å². The summed E-state index contributed by atoms with van der Waals surface area (Å²) in [6, 6.07) is 9.71. The fraction of sp³-hybridized carbons (Fsp3) is 0.143. The van der Waals surface area contributed by atoms with Crippen LogP contribution in [0.1, 0.15) is 22.2 Å². The highest BCUT2D eigenvalue weighted by Gasteiger charge is 2.14. The average Bonchev–Trinajstić information content (AvgIpc) is 3.05. The molecule has 0 saturated heterocycles. The largest absolute Gasteiger partial charge is 0.304 e. The molecule has 3 aromatic rings. The predicted octanol–water partition coefficient (Wildman–Crippen LogP) is 3.44. The average molecular weight is 271 g/mol. The van der Waals surface area contributed by atoms with Crippen LogP contribution in [0.3, 0.4) is 0 Å². The molecule has 1 amide bonds. The summed E-state index contributed by atoms with van der Waals surface area (Å²) < 4.78 is 0. The molecule has 2 aromatic heterocycles. The molecule has 0 saturated carbocycles. The second-order valence-corrected chi connectivity index (χ2v) is 5.12. The van der Waals surface area contributed by atoms with E-state index in [-0.39, 0.29) is 5.91 Å². The van der Waals surface area contributed by atoms with Crippen molar-refractivity contribution in [3.63, 3.8) is 0 Å². The predicted molar refractivity (Wildman–Crippen MR) is 77.7 cm³/mol. The Kier molecular flexibility index (Phi) is 3.05. The highest BCUT2D eigenvalue weighted by Crippen LogP contribution is 2.23. The third-order valence-corrected chi connectivity index (χ3v) is 3.99. The zero-order valence-corrected chi connectivity index (χ0v) is 11.3. The highest BCUT2D eigenvalue weighted by atomic mass is 32.1. The van der Waals surface area contributed by atoms with Crippen molar-refractivity contribution in [3.05, 3.63) is 46.2 Å². The molecule has 0 radical (unpaired) electrons. The van der Waals surface area contributed by atoms with Gasteiger partial charge in [0.05, 0.1) is 10.4 Å². The normalized spacial score (nSPS) is 10.8. The number of nitrogens with one attached hydrogen (secondary N) is 2. The number of nitrogens with zero attached hydrogens (tertiary/aromatic N) is 1. The van der Waals surface area contributed by atoms with Crippen molar-refractivity contribution in [2.45, 2.75) is 13.3 Å². The van der Waals surface area contributed by atoms with Crippen LogP contribution in [0.15, 0.2) is 35.7 Å². The molecule has 0 spiro atoms. The maximum absolute atomic E-state index is 12.2. The number of aromatic nitrogens is 2. The summed E-state index contributed by atoms with van der Waals surface area (Å²) in [4.78, 5) is 13.0. The molecule has 5 heteroatoms. The number of hydrogen-bond acceptors (Lipinski definition) is 3. The number of benzene rings is 1. The zero-order valence-electron chi connectivity index (χ0n) is 10.4. The molecule has 3 rings (SSSR count).